The van der Waals surface area contributed by atoms with E-state index in [2.05, 4.69) is 10.6 Å². The van der Waals surface area contributed by atoms with Crippen molar-refractivity contribution in [3.63, 3.8) is 0 Å². The van der Waals surface area contributed by atoms with Crippen molar-refractivity contribution in [2.45, 2.75) is 32.8 Å². The Morgan fingerprint density at radius 1 is 1.52 bits per heavy atom. The zero-order valence-corrected chi connectivity index (χ0v) is 12.3. The summed E-state index contributed by atoms with van der Waals surface area (Å²) in [5.41, 5.74) is 6.74. The minimum Gasteiger partial charge on any atom is -0.479 e. The van der Waals surface area contributed by atoms with Gasteiger partial charge in [0.1, 0.15) is 5.75 Å². The summed E-state index contributed by atoms with van der Waals surface area (Å²) in [5.74, 6) is 0.680. The Labute approximate surface area is 124 Å². The molecule has 4 N–H and O–H groups in total. The number of nitrogens with one attached hydrogen (secondary N) is 2. The summed E-state index contributed by atoms with van der Waals surface area (Å²) in [6.07, 6.45) is 0.677. The monoisotopic (exact) mass is 291 g/mol. The maximum atomic E-state index is 11.8. The number of benzene rings is 1. The molecule has 2 amide bonds. The van der Waals surface area contributed by atoms with E-state index in [9.17, 15) is 9.59 Å². The molecule has 1 aromatic rings. The summed E-state index contributed by atoms with van der Waals surface area (Å²) < 4.78 is 5.46. The van der Waals surface area contributed by atoms with Crippen LogP contribution in [-0.2, 0) is 9.59 Å². The summed E-state index contributed by atoms with van der Waals surface area (Å²) in [6.45, 7) is 4.28. The minimum absolute atomic E-state index is 0.0633. The molecule has 1 heterocycles. The Morgan fingerprint density at radius 3 is 3.00 bits per heavy atom. The van der Waals surface area contributed by atoms with Crippen LogP contribution in [0.15, 0.2) is 18.2 Å². The van der Waals surface area contributed by atoms with E-state index in [1.54, 1.807) is 25.1 Å². The van der Waals surface area contributed by atoms with Gasteiger partial charge in [0.15, 0.2) is 6.10 Å². The first-order valence-corrected chi connectivity index (χ1v) is 7.11. The van der Waals surface area contributed by atoms with Crippen molar-refractivity contribution in [3.05, 3.63) is 18.2 Å². The SMILES string of the molecule is CC(CN)CCC(=O)Nc1ccc2c(c1)NC(=O)C(C)O2. The van der Waals surface area contributed by atoms with Crippen molar-refractivity contribution >= 4 is 23.2 Å². The molecule has 2 unspecified atom stereocenters. The maximum absolute atomic E-state index is 11.8. The Bertz CT molecular complexity index is 545. The van der Waals surface area contributed by atoms with Gasteiger partial charge in [0.2, 0.25) is 5.91 Å². The number of hydrogen-bond donors (Lipinski definition) is 3. The smallest absolute Gasteiger partial charge is 0.265 e. The first-order chi connectivity index (χ1) is 9.99. The normalized spacial score (nSPS) is 18.2. The first-order valence-electron chi connectivity index (χ1n) is 7.11. The van der Waals surface area contributed by atoms with Crippen LogP contribution in [0, 0.1) is 5.92 Å². The molecule has 1 aliphatic heterocycles. The van der Waals surface area contributed by atoms with Crippen LogP contribution in [0.4, 0.5) is 11.4 Å². The highest BCUT2D eigenvalue weighted by Crippen LogP contribution is 2.32. The summed E-state index contributed by atoms with van der Waals surface area (Å²) in [4.78, 5) is 23.4. The largest absolute Gasteiger partial charge is 0.479 e. The van der Waals surface area contributed by atoms with Crippen LogP contribution in [0.1, 0.15) is 26.7 Å². The highest BCUT2D eigenvalue weighted by atomic mass is 16.5. The predicted molar refractivity (Wildman–Crippen MR) is 81.2 cm³/mol. The van der Waals surface area contributed by atoms with Crippen molar-refractivity contribution in [1.29, 1.82) is 0 Å². The number of fused-ring (bicyclic) bond motifs is 1. The zero-order chi connectivity index (χ0) is 15.4. The van der Waals surface area contributed by atoms with E-state index >= 15 is 0 Å². The average Bonchev–Trinajstić information content (AvgIpc) is 2.46. The van der Waals surface area contributed by atoms with Gasteiger partial charge in [-0.25, -0.2) is 0 Å². The lowest BCUT2D eigenvalue weighted by Gasteiger charge is -2.23. The third-order valence-electron chi connectivity index (χ3n) is 3.46. The molecule has 2 rings (SSSR count). The Kier molecular flexibility index (Phi) is 4.80. The van der Waals surface area contributed by atoms with Gasteiger partial charge >= 0.3 is 0 Å². The number of carbonyl (C=O) groups excluding carboxylic acids is 2. The molecular formula is C15H21N3O3. The van der Waals surface area contributed by atoms with Crippen molar-refractivity contribution in [3.8, 4) is 5.75 Å². The fourth-order valence-electron chi connectivity index (χ4n) is 2.01. The van der Waals surface area contributed by atoms with Gasteiger partial charge in [-0.3, -0.25) is 9.59 Å². The van der Waals surface area contributed by atoms with E-state index in [0.29, 0.717) is 36.0 Å². The third kappa shape index (κ3) is 3.95. The topological polar surface area (TPSA) is 93.5 Å². The van der Waals surface area contributed by atoms with E-state index in [1.165, 1.54) is 0 Å². The second-order valence-electron chi connectivity index (χ2n) is 5.39. The van der Waals surface area contributed by atoms with Crippen molar-refractivity contribution in [1.82, 2.24) is 0 Å². The number of amides is 2. The van der Waals surface area contributed by atoms with Crippen LogP contribution in [-0.4, -0.2) is 24.5 Å². The number of hydrogen-bond acceptors (Lipinski definition) is 4. The lowest BCUT2D eigenvalue weighted by molar-refractivity contribution is -0.122. The average molecular weight is 291 g/mol. The molecule has 6 heteroatoms. The van der Waals surface area contributed by atoms with Gasteiger partial charge in [-0.05, 0) is 44.0 Å². The van der Waals surface area contributed by atoms with Crippen LogP contribution < -0.4 is 21.1 Å². The Hall–Kier alpha value is -2.08. The summed E-state index contributed by atoms with van der Waals surface area (Å²) in [5, 5.41) is 5.56. The molecule has 2 atom stereocenters. The Balaban J connectivity index is 1.98. The molecule has 0 radical (unpaired) electrons. The minimum atomic E-state index is -0.504. The number of anilines is 2. The molecule has 0 saturated heterocycles. The number of rotatable bonds is 5. The predicted octanol–water partition coefficient (Wildman–Crippen LogP) is 1.72. The maximum Gasteiger partial charge on any atom is 0.265 e. The summed E-state index contributed by atoms with van der Waals surface area (Å²) in [6, 6.07) is 5.19. The molecule has 6 nitrogen and oxygen atoms in total. The molecule has 114 valence electrons. The molecule has 1 aliphatic rings. The van der Waals surface area contributed by atoms with E-state index in [0.717, 1.165) is 6.42 Å². The van der Waals surface area contributed by atoms with Crippen LogP contribution in [0.3, 0.4) is 0 Å². The van der Waals surface area contributed by atoms with Gasteiger partial charge in [0.05, 0.1) is 5.69 Å². The van der Waals surface area contributed by atoms with Crippen molar-refractivity contribution in [2.24, 2.45) is 11.7 Å². The third-order valence-corrected chi connectivity index (χ3v) is 3.46. The first kappa shape index (κ1) is 15.3. The molecule has 1 aromatic carbocycles. The highest BCUT2D eigenvalue weighted by Gasteiger charge is 2.23. The van der Waals surface area contributed by atoms with Gasteiger partial charge in [-0.1, -0.05) is 6.92 Å². The zero-order valence-electron chi connectivity index (χ0n) is 12.3. The van der Waals surface area contributed by atoms with Gasteiger partial charge < -0.3 is 21.1 Å². The number of carbonyl (C=O) groups is 2. The standard InChI is InChI=1S/C15H21N3O3/c1-9(8-16)3-6-14(19)17-11-4-5-13-12(7-11)18-15(20)10(2)21-13/h4-5,7,9-10H,3,6,8,16H2,1-2H3,(H,17,19)(H,18,20). The van der Waals surface area contributed by atoms with Crippen LogP contribution in [0.25, 0.3) is 0 Å². The molecule has 0 bridgehead atoms. The fraction of sp³-hybridized carbons (Fsp3) is 0.467. The molecule has 0 saturated carbocycles. The molecule has 0 spiro atoms. The summed E-state index contributed by atoms with van der Waals surface area (Å²) >= 11 is 0. The van der Waals surface area contributed by atoms with Crippen LogP contribution >= 0.6 is 0 Å². The molecule has 0 fully saturated rings. The van der Waals surface area contributed by atoms with Gasteiger partial charge in [-0.2, -0.15) is 0 Å². The highest BCUT2D eigenvalue weighted by molar-refractivity contribution is 5.99. The van der Waals surface area contributed by atoms with E-state index in [1.807, 2.05) is 6.92 Å². The fourth-order valence-corrected chi connectivity index (χ4v) is 2.01. The molecule has 0 aliphatic carbocycles. The molecule has 21 heavy (non-hydrogen) atoms. The number of ether oxygens (including phenoxy) is 1. The van der Waals surface area contributed by atoms with Gasteiger partial charge in [0.25, 0.3) is 5.91 Å². The summed E-state index contributed by atoms with van der Waals surface area (Å²) in [7, 11) is 0. The quantitative estimate of drug-likeness (QED) is 0.770. The van der Waals surface area contributed by atoms with Crippen molar-refractivity contribution in [2.75, 3.05) is 17.2 Å². The van der Waals surface area contributed by atoms with Crippen LogP contribution in [0.2, 0.25) is 0 Å². The van der Waals surface area contributed by atoms with Gasteiger partial charge in [-0.15, -0.1) is 0 Å². The lowest BCUT2D eigenvalue weighted by Crippen LogP contribution is -2.34. The van der Waals surface area contributed by atoms with Gasteiger partial charge in [0, 0.05) is 12.1 Å². The van der Waals surface area contributed by atoms with Crippen LogP contribution in [0.5, 0.6) is 5.75 Å². The van der Waals surface area contributed by atoms with E-state index in [4.69, 9.17) is 10.5 Å². The molecular weight excluding hydrogens is 270 g/mol. The van der Waals surface area contributed by atoms with Crippen molar-refractivity contribution < 1.29 is 14.3 Å². The second kappa shape index (κ2) is 6.58. The lowest BCUT2D eigenvalue weighted by atomic mass is 10.1. The van der Waals surface area contributed by atoms with E-state index < -0.39 is 6.10 Å². The number of nitrogens with two attached hydrogens (primary N) is 1. The van der Waals surface area contributed by atoms with E-state index in [-0.39, 0.29) is 11.8 Å². The second-order valence-corrected chi connectivity index (χ2v) is 5.39. The Morgan fingerprint density at radius 2 is 2.29 bits per heavy atom. The molecule has 0 aromatic heterocycles.